The molecule has 0 bridgehead atoms. The highest BCUT2D eigenvalue weighted by Gasteiger charge is 2.20. The molecule has 0 unspecified atom stereocenters. The number of likely N-dealkylation sites (N-methyl/N-ethyl adjacent to an activating group) is 1. The number of urea groups is 1. The minimum absolute atomic E-state index is 0.181. The average molecular weight is 543 g/mol. The molecule has 0 saturated heterocycles. The van der Waals surface area contributed by atoms with Crippen molar-refractivity contribution in [2.45, 2.75) is 13.0 Å². The molecule has 0 atom stereocenters. The van der Waals surface area contributed by atoms with Gasteiger partial charge in [0.15, 0.2) is 11.5 Å². The number of aromatic nitrogens is 1. The monoisotopic (exact) mass is 542 g/mol. The number of amides is 3. The molecular weight excluding hydrogens is 508 g/mol. The molecule has 11 heteroatoms. The number of benzene rings is 2. The van der Waals surface area contributed by atoms with Crippen molar-refractivity contribution < 1.29 is 28.5 Å². The van der Waals surface area contributed by atoms with E-state index in [4.69, 9.17) is 18.9 Å². The SMILES string of the molecule is COCCN(Cc1nc(C(=O)N(C)CCc2ccc(OC)c(OC)c2)cs1)C(=O)Nc1ccc(OC)cc1. The fraction of sp³-hybridized carbons (Fsp3) is 0.370. The Morgan fingerprint density at radius 1 is 0.947 bits per heavy atom. The van der Waals surface area contributed by atoms with Crippen molar-refractivity contribution in [1.82, 2.24) is 14.8 Å². The molecule has 3 rings (SSSR count). The van der Waals surface area contributed by atoms with Crippen LogP contribution in [0.5, 0.6) is 17.2 Å². The molecule has 1 heterocycles. The van der Waals surface area contributed by atoms with Crippen molar-refractivity contribution in [3.05, 3.63) is 64.1 Å². The van der Waals surface area contributed by atoms with Crippen molar-refractivity contribution in [2.75, 3.05) is 60.5 Å². The number of anilines is 1. The smallest absolute Gasteiger partial charge is 0.322 e. The summed E-state index contributed by atoms with van der Waals surface area (Å²) in [6.07, 6.45) is 0.649. The van der Waals surface area contributed by atoms with E-state index in [9.17, 15) is 9.59 Å². The van der Waals surface area contributed by atoms with Crippen LogP contribution in [0.15, 0.2) is 47.8 Å². The first-order valence-electron chi connectivity index (χ1n) is 12.0. The van der Waals surface area contributed by atoms with Crippen LogP contribution in [0.3, 0.4) is 0 Å². The molecule has 0 radical (unpaired) electrons. The van der Waals surface area contributed by atoms with Gasteiger partial charge in [0.1, 0.15) is 16.5 Å². The van der Waals surface area contributed by atoms with Crippen LogP contribution in [-0.2, 0) is 17.7 Å². The molecule has 1 aromatic heterocycles. The lowest BCUT2D eigenvalue weighted by molar-refractivity contribution is 0.0791. The number of thiazole rings is 1. The highest BCUT2D eigenvalue weighted by Crippen LogP contribution is 2.27. The van der Waals surface area contributed by atoms with Gasteiger partial charge in [-0.15, -0.1) is 11.3 Å². The normalized spacial score (nSPS) is 10.6. The van der Waals surface area contributed by atoms with Gasteiger partial charge in [0.05, 0.1) is 34.5 Å². The number of methoxy groups -OCH3 is 4. The van der Waals surface area contributed by atoms with Crippen LogP contribution in [0, 0.1) is 0 Å². The summed E-state index contributed by atoms with van der Waals surface area (Å²) >= 11 is 1.34. The van der Waals surface area contributed by atoms with Gasteiger partial charge in [-0.25, -0.2) is 9.78 Å². The zero-order valence-corrected chi connectivity index (χ0v) is 23.2. The molecule has 0 aliphatic carbocycles. The fourth-order valence-corrected chi connectivity index (χ4v) is 4.39. The first-order chi connectivity index (χ1) is 18.4. The third-order valence-electron chi connectivity index (χ3n) is 5.82. The van der Waals surface area contributed by atoms with Gasteiger partial charge in [0, 0.05) is 38.3 Å². The Morgan fingerprint density at radius 2 is 1.68 bits per heavy atom. The summed E-state index contributed by atoms with van der Waals surface area (Å²) in [5.74, 6) is 1.83. The number of rotatable bonds is 13. The van der Waals surface area contributed by atoms with Gasteiger partial charge in [-0.05, 0) is 48.4 Å². The molecule has 0 aliphatic heterocycles. The zero-order valence-electron chi connectivity index (χ0n) is 22.4. The van der Waals surface area contributed by atoms with Crippen LogP contribution < -0.4 is 19.5 Å². The van der Waals surface area contributed by atoms with Crippen LogP contribution in [0.25, 0.3) is 0 Å². The maximum Gasteiger partial charge on any atom is 0.322 e. The number of nitrogens with one attached hydrogen (secondary N) is 1. The van der Waals surface area contributed by atoms with Gasteiger partial charge in [0.25, 0.3) is 5.91 Å². The Bertz CT molecular complexity index is 1200. The van der Waals surface area contributed by atoms with Crippen LogP contribution in [-0.4, -0.2) is 81.9 Å². The van der Waals surface area contributed by atoms with Crippen LogP contribution in [0.1, 0.15) is 21.1 Å². The fourth-order valence-electron chi connectivity index (χ4n) is 3.61. The molecule has 204 valence electrons. The van der Waals surface area contributed by atoms with E-state index in [1.165, 1.54) is 11.3 Å². The summed E-state index contributed by atoms with van der Waals surface area (Å²) in [4.78, 5) is 33.7. The van der Waals surface area contributed by atoms with Crippen molar-refractivity contribution in [1.29, 1.82) is 0 Å². The molecule has 0 saturated carbocycles. The van der Waals surface area contributed by atoms with E-state index >= 15 is 0 Å². The van der Waals surface area contributed by atoms with E-state index in [-0.39, 0.29) is 18.5 Å². The van der Waals surface area contributed by atoms with Gasteiger partial charge in [-0.2, -0.15) is 0 Å². The predicted octanol–water partition coefficient (Wildman–Crippen LogP) is 4.16. The summed E-state index contributed by atoms with van der Waals surface area (Å²) in [5, 5.41) is 5.26. The number of hydrogen-bond acceptors (Lipinski definition) is 8. The van der Waals surface area contributed by atoms with Crippen molar-refractivity contribution in [2.24, 2.45) is 0 Å². The largest absolute Gasteiger partial charge is 0.497 e. The molecule has 3 amide bonds. The van der Waals surface area contributed by atoms with Gasteiger partial charge >= 0.3 is 6.03 Å². The number of carbonyl (C=O) groups excluding carboxylic acids is 2. The zero-order chi connectivity index (χ0) is 27.5. The lowest BCUT2D eigenvalue weighted by Gasteiger charge is -2.22. The number of carbonyl (C=O) groups is 2. The Labute approximate surface area is 227 Å². The minimum atomic E-state index is -0.290. The van der Waals surface area contributed by atoms with E-state index in [2.05, 4.69) is 10.3 Å². The van der Waals surface area contributed by atoms with Crippen LogP contribution >= 0.6 is 11.3 Å². The molecule has 0 fully saturated rings. The molecule has 1 N–H and O–H groups in total. The first-order valence-corrected chi connectivity index (χ1v) is 12.9. The second-order valence-corrected chi connectivity index (χ2v) is 9.31. The molecular formula is C27H34N4O6S. The summed E-state index contributed by atoms with van der Waals surface area (Å²) in [5.41, 5.74) is 2.02. The second-order valence-electron chi connectivity index (χ2n) is 8.37. The van der Waals surface area contributed by atoms with E-state index in [0.717, 1.165) is 5.56 Å². The summed E-state index contributed by atoms with van der Waals surface area (Å²) in [6.45, 7) is 1.49. The highest BCUT2D eigenvalue weighted by molar-refractivity contribution is 7.09. The summed E-state index contributed by atoms with van der Waals surface area (Å²) in [6, 6.07) is 12.5. The highest BCUT2D eigenvalue weighted by atomic mass is 32.1. The minimum Gasteiger partial charge on any atom is -0.497 e. The number of ether oxygens (including phenoxy) is 4. The Balaban J connectivity index is 1.60. The number of hydrogen-bond donors (Lipinski definition) is 1. The third-order valence-corrected chi connectivity index (χ3v) is 6.65. The van der Waals surface area contributed by atoms with Crippen molar-refractivity contribution in [3.63, 3.8) is 0 Å². The molecule has 2 aromatic carbocycles. The molecule has 0 aliphatic rings. The summed E-state index contributed by atoms with van der Waals surface area (Å²) in [7, 11) is 8.10. The van der Waals surface area contributed by atoms with Gasteiger partial charge in [0.2, 0.25) is 0 Å². The maximum atomic E-state index is 13.0. The van der Waals surface area contributed by atoms with Gasteiger partial charge in [-0.1, -0.05) is 6.07 Å². The summed E-state index contributed by atoms with van der Waals surface area (Å²) < 4.78 is 21.0. The van der Waals surface area contributed by atoms with Crippen molar-refractivity contribution in [3.8, 4) is 17.2 Å². The second kappa shape index (κ2) is 14.2. The lowest BCUT2D eigenvalue weighted by atomic mass is 10.1. The molecule has 0 spiro atoms. The average Bonchev–Trinajstić information content (AvgIpc) is 3.42. The van der Waals surface area contributed by atoms with Crippen molar-refractivity contribution >= 4 is 29.0 Å². The molecule has 3 aromatic rings. The number of nitrogens with zero attached hydrogens (tertiary/aromatic N) is 3. The maximum absolute atomic E-state index is 13.0. The Hall–Kier alpha value is -3.83. The van der Waals surface area contributed by atoms with Crippen LogP contribution in [0.4, 0.5) is 10.5 Å². The molecule has 38 heavy (non-hydrogen) atoms. The lowest BCUT2D eigenvalue weighted by Crippen LogP contribution is -2.37. The quantitative estimate of drug-likeness (QED) is 0.346. The van der Waals surface area contributed by atoms with E-state index in [1.807, 2.05) is 18.2 Å². The van der Waals surface area contributed by atoms with E-state index in [0.29, 0.717) is 59.8 Å². The predicted molar refractivity (Wildman–Crippen MR) is 147 cm³/mol. The first kappa shape index (κ1) is 28.7. The van der Waals surface area contributed by atoms with Gasteiger partial charge < -0.3 is 34.1 Å². The third kappa shape index (κ3) is 7.83. The molecule has 10 nitrogen and oxygen atoms in total. The van der Waals surface area contributed by atoms with Crippen LogP contribution in [0.2, 0.25) is 0 Å². The standard InChI is InChI=1S/C27H34N4O6S/c1-30(13-12-19-6-11-23(36-4)24(16-19)37-5)26(32)22-18-38-25(29-22)17-31(14-15-34-2)27(33)28-20-7-9-21(35-3)10-8-20/h6-11,16,18H,12-15,17H2,1-5H3,(H,28,33). The Kier molecular flexibility index (Phi) is 10.7. The Morgan fingerprint density at radius 3 is 2.34 bits per heavy atom. The topological polar surface area (TPSA) is 102 Å². The van der Waals surface area contributed by atoms with Gasteiger partial charge in [-0.3, -0.25) is 4.79 Å². The van der Waals surface area contributed by atoms with E-state index in [1.54, 1.807) is 74.9 Å². The van der Waals surface area contributed by atoms with E-state index < -0.39 is 0 Å².